The Balaban J connectivity index is 2.16. The van der Waals surface area contributed by atoms with Crippen LogP contribution in [0.15, 0.2) is 0 Å². The number of aliphatic hydroxyl groups is 1. The lowest BCUT2D eigenvalue weighted by Gasteiger charge is -2.38. The largest absolute Gasteiger partial charge is 0.389 e. The van der Waals surface area contributed by atoms with Crippen LogP contribution in [0.25, 0.3) is 0 Å². The molecule has 0 aromatic carbocycles. The number of nitrogens with zero attached hydrogens (tertiary/aromatic N) is 1. The normalized spacial score (nSPS) is 26.5. The molecule has 1 fully saturated rings. The Morgan fingerprint density at radius 3 is 2.84 bits per heavy atom. The fourth-order valence-corrected chi connectivity index (χ4v) is 2.78. The van der Waals surface area contributed by atoms with Gasteiger partial charge in [0.15, 0.2) is 0 Å². The number of piperidine rings is 1. The van der Waals surface area contributed by atoms with Crippen LogP contribution in [0.1, 0.15) is 40.0 Å². The first-order valence-corrected chi connectivity index (χ1v) is 7.88. The molecular formula is C15H32N2O2. The van der Waals surface area contributed by atoms with E-state index < -0.39 is 0 Å². The van der Waals surface area contributed by atoms with Crippen molar-refractivity contribution in [2.75, 3.05) is 39.4 Å². The van der Waals surface area contributed by atoms with Crippen LogP contribution in [0, 0.1) is 5.92 Å². The Labute approximate surface area is 118 Å². The first-order chi connectivity index (χ1) is 9.17. The van der Waals surface area contributed by atoms with Crippen LogP contribution in [0.3, 0.4) is 0 Å². The van der Waals surface area contributed by atoms with E-state index in [1.165, 1.54) is 6.42 Å². The predicted octanol–water partition coefficient (Wildman–Crippen LogP) is 1.48. The Kier molecular flexibility index (Phi) is 8.62. The van der Waals surface area contributed by atoms with E-state index in [0.717, 1.165) is 45.6 Å². The standard InChI is InChI=1S/C15H32N2O2/c1-4-6-9-19-12-14(18)11-17-8-7-15(16-5-2)13(3)10-17/h13-16,18H,4-12H2,1-3H3. The third kappa shape index (κ3) is 6.70. The van der Waals surface area contributed by atoms with Gasteiger partial charge in [0.1, 0.15) is 0 Å². The summed E-state index contributed by atoms with van der Waals surface area (Å²) in [6, 6.07) is 0.638. The molecule has 114 valence electrons. The molecule has 1 saturated heterocycles. The van der Waals surface area contributed by atoms with Gasteiger partial charge in [0.05, 0.1) is 12.7 Å². The molecule has 4 heteroatoms. The molecule has 0 bridgehead atoms. The third-order valence-corrected chi connectivity index (χ3v) is 3.88. The number of ether oxygens (including phenoxy) is 1. The molecule has 2 N–H and O–H groups in total. The van der Waals surface area contributed by atoms with Crippen molar-refractivity contribution in [2.45, 2.75) is 52.2 Å². The molecule has 3 atom stereocenters. The van der Waals surface area contributed by atoms with E-state index in [0.29, 0.717) is 18.6 Å². The SMILES string of the molecule is CCCCOCC(O)CN1CCC(NCC)C(C)C1. The van der Waals surface area contributed by atoms with Gasteiger partial charge in [-0.1, -0.05) is 27.2 Å². The Morgan fingerprint density at radius 1 is 1.42 bits per heavy atom. The molecule has 1 heterocycles. The van der Waals surface area contributed by atoms with E-state index >= 15 is 0 Å². The van der Waals surface area contributed by atoms with Gasteiger partial charge in [-0.15, -0.1) is 0 Å². The maximum absolute atomic E-state index is 9.97. The van der Waals surface area contributed by atoms with Crippen LogP contribution in [0.4, 0.5) is 0 Å². The molecule has 0 aliphatic carbocycles. The molecule has 19 heavy (non-hydrogen) atoms. The number of unbranched alkanes of at least 4 members (excludes halogenated alkanes) is 1. The van der Waals surface area contributed by atoms with Gasteiger partial charge in [-0.25, -0.2) is 0 Å². The summed E-state index contributed by atoms with van der Waals surface area (Å²) in [5, 5.41) is 13.5. The van der Waals surface area contributed by atoms with Crippen molar-refractivity contribution in [1.82, 2.24) is 10.2 Å². The van der Waals surface area contributed by atoms with E-state index in [1.807, 2.05) is 0 Å². The second-order valence-electron chi connectivity index (χ2n) is 5.77. The fourth-order valence-electron chi connectivity index (χ4n) is 2.78. The second kappa shape index (κ2) is 9.70. The smallest absolute Gasteiger partial charge is 0.0900 e. The van der Waals surface area contributed by atoms with Crippen LogP contribution < -0.4 is 5.32 Å². The number of likely N-dealkylation sites (tertiary alicyclic amines) is 1. The molecule has 0 spiro atoms. The highest BCUT2D eigenvalue weighted by Crippen LogP contribution is 2.16. The Bertz CT molecular complexity index is 226. The average molecular weight is 272 g/mol. The molecule has 1 aliphatic rings. The van der Waals surface area contributed by atoms with Crippen molar-refractivity contribution < 1.29 is 9.84 Å². The van der Waals surface area contributed by atoms with Gasteiger partial charge in [-0.2, -0.15) is 0 Å². The van der Waals surface area contributed by atoms with Gasteiger partial charge in [-0.3, -0.25) is 0 Å². The van der Waals surface area contributed by atoms with Gasteiger partial charge in [0, 0.05) is 25.7 Å². The first-order valence-electron chi connectivity index (χ1n) is 7.88. The van der Waals surface area contributed by atoms with E-state index in [1.54, 1.807) is 0 Å². The van der Waals surface area contributed by atoms with Crippen molar-refractivity contribution >= 4 is 0 Å². The second-order valence-corrected chi connectivity index (χ2v) is 5.77. The van der Waals surface area contributed by atoms with Crippen molar-refractivity contribution in [3.8, 4) is 0 Å². The van der Waals surface area contributed by atoms with E-state index in [2.05, 4.69) is 31.0 Å². The highest BCUT2D eigenvalue weighted by atomic mass is 16.5. The van der Waals surface area contributed by atoms with E-state index in [-0.39, 0.29) is 6.10 Å². The quantitative estimate of drug-likeness (QED) is 0.624. The van der Waals surface area contributed by atoms with Crippen LogP contribution in [-0.2, 0) is 4.74 Å². The lowest BCUT2D eigenvalue weighted by atomic mass is 9.93. The van der Waals surface area contributed by atoms with Crippen molar-refractivity contribution in [3.63, 3.8) is 0 Å². The van der Waals surface area contributed by atoms with Crippen molar-refractivity contribution in [1.29, 1.82) is 0 Å². The fraction of sp³-hybridized carbons (Fsp3) is 1.00. The molecule has 1 aliphatic heterocycles. The summed E-state index contributed by atoms with van der Waals surface area (Å²) < 4.78 is 5.47. The summed E-state index contributed by atoms with van der Waals surface area (Å²) in [7, 11) is 0. The molecule has 0 aromatic rings. The van der Waals surface area contributed by atoms with Crippen LogP contribution in [-0.4, -0.2) is 61.5 Å². The average Bonchev–Trinajstić information content (AvgIpc) is 2.38. The number of nitrogens with one attached hydrogen (secondary N) is 1. The molecule has 3 unspecified atom stereocenters. The Morgan fingerprint density at radius 2 is 2.21 bits per heavy atom. The highest BCUT2D eigenvalue weighted by Gasteiger charge is 2.26. The number of hydrogen-bond donors (Lipinski definition) is 2. The van der Waals surface area contributed by atoms with Crippen molar-refractivity contribution in [3.05, 3.63) is 0 Å². The van der Waals surface area contributed by atoms with Crippen LogP contribution in [0.5, 0.6) is 0 Å². The molecule has 1 rings (SSSR count). The topological polar surface area (TPSA) is 44.7 Å². The minimum absolute atomic E-state index is 0.347. The van der Waals surface area contributed by atoms with Gasteiger partial charge in [0.25, 0.3) is 0 Å². The van der Waals surface area contributed by atoms with Gasteiger partial charge >= 0.3 is 0 Å². The summed E-state index contributed by atoms with van der Waals surface area (Å²) in [5.74, 6) is 0.655. The molecule has 0 saturated carbocycles. The third-order valence-electron chi connectivity index (χ3n) is 3.88. The molecule has 0 aromatic heterocycles. The predicted molar refractivity (Wildman–Crippen MR) is 79.4 cm³/mol. The molecule has 4 nitrogen and oxygen atoms in total. The molecule has 0 radical (unpaired) electrons. The number of aliphatic hydroxyl groups excluding tert-OH is 1. The maximum atomic E-state index is 9.97. The van der Waals surface area contributed by atoms with Crippen molar-refractivity contribution in [2.24, 2.45) is 5.92 Å². The minimum Gasteiger partial charge on any atom is -0.389 e. The van der Waals surface area contributed by atoms with Crippen LogP contribution in [0.2, 0.25) is 0 Å². The summed E-state index contributed by atoms with van der Waals surface area (Å²) in [4.78, 5) is 2.37. The van der Waals surface area contributed by atoms with E-state index in [4.69, 9.17) is 4.74 Å². The first kappa shape index (κ1) is 16.9. The zero-order chi connectivity index (χ0) is 14.1. The van der Waals surface area contributed by atoms with Crippen LogP contribution >= 0.6 is 0 Å². The summed E-state index contributed by atoms with van der Waals surface area (Å²) >= 11 is 0. The maximum Gasteiger partial charge on any atom is 0.0900 e. The zero-order valence-electron chi connectivity index (χ0n) is 12.9. The van der Waals surface area contributed by atoms with Gasteiger partial charge < -0.3 is 20.1 Å². The summed E-state index contributed by atoms with van der Waals surface area (Å²) in [6.45, 7) is 11.8. The molecule has 0 amide bonds. The number of rotatable bonds is 9. The monoisotopic (exact) mass is 272 g/mol. The molecular weight excluding hydrogens is 240 g/mol. The number of hydrogen-bond acceptors (Lipinski definition) is 4. The zero-order valence-corrected chi connectivity index (χ0v) is 12.9. The summed E-state index contributed by atoms with van der Waals surface area (Å²) in [5.41, 5.74) is 0. The summed E-state index contributed by atoms with van der Waals surface area (Å²) in [6.07, 6.45) is 3.06. The lowest BCUT2D eigenvalue weighted by Crippen LogP contribution is -2.50. The lowest BCUT2D eigenvalue weighted by molar-refractivity contribution is 0.00630. The van der Waals surface area contributed by atoms with Gasteiger partial charge in [-0.05, 0) is 31.8 Å². The number of β-amino-alcohol motifs (C(OH)–C–C–N with tert-alkyl or cyclic N) is 1. The van der Waals surface area contributed by atoms with E-state index in [9.17, 15) is 5.11 Å². The highest BCUT2D eigenvalue weighted by molar-refractivity contribution is 4.83. The minimum atomic E-state index is -0.347. The Hall–Kier alpha value is -0.160. The van der Waals surface area contributed by atoms with Gasteiger partial charge in [0.2, 0.25) is 0 Å².